The number of para-hydroxylation sites is 2. The summed E-state index contributed by atoms with van der Waals surface area (Å²) in [6.45, 7) is 0. The molecule has 8 nitrogen and oxygen atoms in total. The average Bonchev–Trinajstić information content (AvgIpc) is 3.30. The van der Waals surface area contributed by atoms with Crippen molar-refractivity contribution in [1.29, 1.82) is 0 Å². The van der Waals surface area contributed by atoms with E-state index in [-0.39, 0.29) is 5.56 Å². The van der Waals surface area contributed by atoms with Crippen LogP contribution in [0.25, 0.3) is 11.0 Å². The van der Waals surface area contributed by atoms with Gasteiger partial charge in [-0.15, -0.1) is 0 Å². The zero-order chi connectivity index (χ0) is 24.5. The van der Waals surface area contributed by atoms with E-state index in [4.69, 9.17) is 23.4 Å². The molecule has 2 heterocycles. The van der Waals surface area contributed by atoms with Crippen LogP contribution in [-0.4, -0.2) is 33.3 Å². The lowest BCUT2D eigenvalue weighted by Gasteiger charge is -2.22. The highest BCUT2D eigenvalue weighted by atomic mass is 16.5. The van der Waals surface area contributed by atoms with Gasteiger partial charge < -0.3 is 28.7 Å². The van der Waals surface area contributed by atoms with E-state index in [0.717, 1.165) is 0 Å². The molecule has 0 saturated carbocycles. The molecule has 0 saturated heterocycles. The maximum atomic E-state index is 13.5. The van der Waals surface area contributed by atoms with Crippen LogP contribution in [0.4, 0.5) is 5.69 Å². The van der Waals surface area contributed by atoms with Gasteiger partial charge in [-0.2, -0.15) is 0 Å². The van der Waals surface area contributed by atoms with E-state index in [0.29, 0.717) is 45.2 Å². The number of anilines is 1. The highest BCUT2D eigenvalue weighted by Gasteiger charge is 2.45. The summed E-state index contributed by atoms with van der Waals surface area (Å²) < 4.78 is 28.4. The largest absolute Gasteiger partial charge is 0.496 e. The lowest BCUT2D eigenvalue weighted by atomic mass is 9.87. The lowest BCUT2D eigenvalue weighted by molar-refractivity contribution is -0.122. The molecule has 1 amide bonds. The summed E-state index contributed by atoms with van der Waals surface area (Å²) in [4.78, 5) is 26.8. The molecule has 2 atom stereocenters. The number of amides is 1. The molecule has 0 spiro atoms. The molecule has 3 aromatic carbocycles. The van der Waals surface area contributed by atoms with Crippen LogP contribution in [0.1, 0.15) is 17.0 Å². The number of rotatable bonds is 6. The standard InChI is InChI=1S/C27H23NO7/c1-31-19-14-21(33-3)20(32-2)13-17(19)22-23-24(16-11-7-8-12-18(16)34-27(23)30)35-25(22)26(29)28-15-9-5-4-6-10-15/h4-14,22,25H,1-3H3,(H,28,29)/t22-,25-/m1/s1. The Morgan fingerprint density at radius 3 is 2.23 bits per heavy atom. The number of hydrogen-bond donors (Lipinski definition) is 1. The Balaban J connectivity index is 1.72. The Morgan fingerprint density at radius 2 is 1.51 bits per heavy atom. The highest BCUT2D eigenvalue weighted by Crippen LogP contribution is 2.49. The Morgan fingerprint density at radius 1 is 0.857 bits per heavy atom. The highest BCUT2D eigenvalue weighted by molar-refractivity contribution is 5.97. The SMILES string of the molecule is COc1cc(OC)c([C@@H]2c3c(c4ccccc4oc3=O)O[C@H]2C(=O)Nc2ccccc2)cc1OC. The number of nitrogens with one attached hydrogen (secondary N) is 1. The van der Waals surface area contributed by atoms with Gasteiger partial charge in [0.2, 0.25) is 0 Å². The van der Waals surface area contributed by atoms with E-state index in [2.05, 4.69) is 5.32 Å². The molecule has 0 radical (unpaired) electrons. The molecule has 178 valence electrons. The van der Waals surface area contributed by atoms with E-state index in [1.165, 1.54) is 21.3 Å². The second-order valence-corrected chi connectivity index (χ2v) is 7.95. The molecule has 4 aromatic rings. The van der Waals surface area contributed by atoms with Crippen LogP contribution in [0.15, 0.2) is 75.9 Å². The van der Waals surface area contributed by atoms with Crippen molar-refractivity contribution in [2.24, 2.45) is 0 Å². The van der Waals surface area contributed by atoms with Crippen molar-refractivity contribution >= 4 is 22.6 Å². The predicted octanol–water partition coefficient (Wildman–Crippen LogP) is 4.35. The number of carbonyl (C=O) groups is 1. The summed E-state index contributed by atoms with van der Waals surface area (Å²) in [7, 11) is 4.53. The molecule has 1 aromatic heterocycles. The lowest BCUT2D eigenvalue weighted by Crippen LogP contribution is -2.35. The molecule has 0 fully saturated rings. The van der Waals surface area contributed by atoms with E-state index in [9.17, 15) is 9.59 Å². The topological polar surface area (TPSA) is 96.2 Å². The maximum Gasteiger partial charge on any atom is 0.344 e. The molecule has 5 rings (SSSR count). The van der Waals surface area contributed by atoms with Crippen molar-refractivity contribution in [2.75, 3.05) is 26.6 Å². The van der Waals surface area contributed by atoms with Crippen LogP contribution in [-0.2, 0) is 4.79 Å². The zero-order valence-corrected chi connectivity index (χ0v) is 19.4. The van der Waals surface area contributed by atoms with E-state index in [1.807, 2.05) is 24.3 Å². The van der Waals surface area contributed by atoms with Gasteiger partial charge in [-0.25, -0.2) is 4.79 Å². The van der Waals surface area contributed by atoms with Crippen LogP contribution in [0, 0.1) is 0 Å². The number of hydrogen-bond acceptors (Lipinski definition) is 7. The first-order valence-corrected chi connectivity index (χ1v) is 10.9. The van der Waals surface area contributed by atoms with Gasteiger partial charge in [0.15, 0.2) is 17.6 Å². The Bertz CT molecular complexity index is 1460. The molecule has 0 bridgehead atoms. The Labute approximate surface area is 201 Å². The minimum absolute atomic E-state index is 0.238. The molecular formula is C27H23NO7. The summed E-state index contributed by atoms with van der Waals surface area (Å²) in [6.07, 6.45) is -1.08. The van der Waals surface area contributed by atoms with Gasteiger partial charge in [0, 0.05) is 17.3 Å². The molecule has 1 N–H and O–H groups in total. The molecule has 1 aliphatic heterocycles. The van der Waals surface area contributed by atoms with Crippen molar-refractivity contribution in [3.8, 4) is 23.0 Å². The van der Waals surface area contributed by atoms with E-state index >= 15 is 0 Å². The van der Waals surface area contributed by atoms with Gasteiger partial charge in [-0.3, -0.25) is 4.79 Å². The summed E-state index contributed by atoms with van der Waals surface area (Å²) in [5.74, 6) is 0.343. The van der Waals surface area contributed by atoms with Gasteiger partial charge in [0.25, 0.3) is 5.91 Å². The number of methoxy groups -OCH3 is 3. The van der Waals surface area contributed by atoms with Crippen molar-refractivity contribution in [3.63, 3.8) is 0 Å². The van der Waals surface area contributed by atoms with E-state index in [1.54, 1.807) is 42.5 Å². The minimum Gasteiger partial charge on any atom is -0.496 e. The predicted molar refractivity (Wildman–Crippen MR) is 130 cm³/mol. The second-order valence-electron chi connectivity index (χ2n) is 7.95. The van der Waals surface area contributed by atoms with Gasteiger partial charge >= 0.3 is 5.63 Å². The third-order valence-electron chi connectivity index (χ3n) is 6.03. The first-order valence-electron chi connectivity index (χ1n) is 10.9. The molecule has 0 aliphatic carbocycles. The minimum atomic E-state index is -1.08. The molecule has 35 heavy (non-hydrogen) atoms. The third-order valence-corrected chi connectivity index (χ3v) is 6.03. The van der Waals surface area contributed by atoms with Gasteiger partial charge in [-0.05, 0) is 30.3 Å². The van der Waals surface area contributed by atoms with Gasteiger partial charge in [-0.1, -0.05) is 30.3 Å². The fraction of sp³-hybridized carbons (Fsp3) is 0.185. The third kappa shape index (κ3) is 3.82. The van der Waals surface area contributed by atoms with Crippen LogP contribution >= 0.6 is 0 Å². The van der Waals surface area contributed by atoms with Gasteiger partial charge in [0.1, 0.15) is 17.1 Å². The smallest absolute Gasteiger partial charge is 0.344 e. The summed E-state index contributed by atoms with van der Waals surface area (Å²) in [5.41, 5.74) is 1.16. The fourth-order valence-electron chi connectivity index (χ4n) is 4.43. The monoisotopic (exact) mass is 473 g/mol. The number of fused-ring (bicyclic) bond motifs is 3. The van der Waals surface area contributed by atoms with Crippen LogP contribution in [0.5, 0.6) is 23.0 Å². The average molecular weight is 473 g/mol. The normalized spacial score (nSPS) is 16.3. The number of ether oxygens (including phenoxy) is 4. The summed E-state index contributed by atoms with van der Waals surface area (Å²) in [5, 5.41) is 3.48. The zero-order valence-electron chi connectivity index (χ0n) is 19.4. The quantitative estimate of drug-likeness (QED) is 0.416. The molecule has 1 aliphatic rings. The van der Waals surface area contributed by atoms with Crippen LogP contribution < -0.4 is 29.9 Å². The first kappa shape index (κ1) is 22.3. The molecular weight excluding hydrogens is 450 g/mol. The number of benzene rings is 3. The summed E-state index contributed by atoms with van der Waals surface area (Å²) >= 11 is 0. The Kier molecular flexibility index (Phi) is 5.78. The molecule has 0 unspecified atom stereocenters. The Hall–Kier alpha value is -4.46. The van der Waals surface area contributed by atoms with Crippen molar-refractivity contribution in [2.45, 2.75) is 12.0 Å². The maximum absolute atomic E-state index is 13.5. The van der Waals surface area contributed by atoms with Crippen LogP contribution in [0.2, 0.25) is 0 Å². The van der Waals surface area contributed by atoms with Crippen LogP contribution in [0.3, 0.4) is 0 Å². The van der Waals surface area contributed by atoms with Crippen molar-refractivity contribution in [1.82, 2.24) is 0 Å². The van der Waals surface area contributed by atoms with Crippen molar-refractivity contribution < 1.29 is 28.2 Å². The first-order chi connectivity index (χ1) is 17.0. The summed E-state index contributed by atoms with van der Waals surface area (Å²) in [6, 6.07) is 19.4. The second kappa shape index (κ2) is 9.06. The van der Waals surface area contributed by atoms with Gasteiger partial charge in [0.05, 0.1) is 38.2 Å². The number of carbonyl (C=O) groups excluding carboxylic acids is 1. The van der Waals surface area contributed by atoms with Crippen molar-refractivity contribution in [3.05, 3.63) is 88.3 Å². The molecule has 8 heteroatoms. The fourth-order valence-corrected chi connectivity index (χ4v) is 4.43. The van der Waals surface area contributed by atoms with E-state index < -0.39 is 23.6 Å².